The van der Waals surface area contributed by atoms with E-state index < -0.39 is 30.6 Å². The lowest BCUT2D eigenvalue weighted by atomic mass is 9.85. The maximum absolute atomic E-state index is 13.7. The van der Waals surface area contributed by atoms with Gasteiger partial charge >= 0.3 is 0 Å². The summed E-state index contributed by atoms with van der Waals surface area (Å²) in [5.41, 5.74) is 1.13. The summed E-state index contributed by atoms with van der Waals surface area (Å²) >= 11 is 1.36. The Bertz CT molecular complexity index is 1680. The number of thiazole rings is 1. The molecule has 0 radical (unpaired) electrons. The number of sulfone groups is 1. The molecule has 2 fully saturated rings. The summed E-state index contributed by atoms with van der Waals surface area (Å²) in [7, 11) is -6.92. The molecule has 0 spiro atoms. The number of nitrogens with one attached hydrogen (secondary N) is 1. The van der Waals surface area contributed by atoms with Crippen LogP contribution in [0.5, 0.6) is 0 Å². The molecule has 228 valence electrons. The predicted molar refractivity (Wildman–Crippen MR) is 169 cm³/mol. The van der Waals surface area contributed by atoms with Gasteiger partial charge in [-0.1, -0.05) is 62.4 Å². The van der Waals surface area contributed by atoms with E-state index in [0.717, 1.165) is 40.8 Å². The van der Waals surface area contributed by atoms with E-state index in [1.54, 1.807) is 11.0 Å². The van der Waals surface area contributed by atoms with Gasteiger partial charge in [0, 0.05) is 35.8 Å². The molecule has 1 aliphatic carbocycles. The lowest BCUT2D eigenvalue weighted by molar-refractivity contribution is 0.0725. The number of amides is 1. The summed E-state index contributed by atoms with van der Waals surface area (Å²) in [6.45, 7) is 6.23. The zero-order chi connectivity index (χ0) is 30.3. The van der Waals surface area contributed by atoms with Crippen LogP contribution in [0.15, 0.2) is 41.3 Å². The Morgan fingerprint density at radius 1 is 0.952 bits per heavy atom. The van der Waals surface area contributed by atoms with Gasteiger partial charge in [-0.05, 0) is 57.4 Å². The first-order chi connectivity index (χ1) is 19.7. The topological polar surface area (TPSA) is 114 Å². The standard InChI is InChI=1S/C31H41N3O5S3/c1-31(2,3)33-42(38,39)27-15-14-25(23-12-8-9-13-24(23)27)28-26(20-21-10-6-5-7-11-21)32-29(40-28)30(35)34-18-16-22(17-19-34)41(4,36)37/h8-9,12-15,21-22,33H,5-7,10-11,16-20H2,1-4H3. The number of piperidine rings is 1. The molecule has 8 nitrogen and oxygen atoms in total. The third-order valence-corrected chi connectivity index (χ3v) is 12.9. The van der Waals surface area contributed by atoms with Crippen LogP contribution in [-0.2, 0) is 26.3 Å². The van der Waals surface area contributed by atoms with Gasteiger partial charge in [-0.3, -0.25) is 4.79 Å². The van der Waals surface area contributed by atoms with Gasteiger partial charge in [0.25, 0.3) is 5.91 Å². The molecule has 1 N–H and O–H groups in total. The summed E-state index contributed by atoms with van der Waals surface area (Å²) < 4.78 is 53.6. The minimum Gasteiger partial charge on any atom is -0.337 e. The quantitative estimate of drug-likeness (QED) is 0.352. The van der Waals surface area contributed by atoms with Crippen molar-refractivity contribution in [1.82, 2.24) is 14.6 Å². The van der Waals surface area contributed by atoms with Crippen LogP contribution < -0.4 is 4.72 Å². The van der Waals surface area contributed by atoms with Crippen molar-refractivity contribution >= 4 is 47.9 Å². The molecular formula is C31H41N3O5S3. The van der Waals surface area contributed by atoms with E-state index in [1.807, 2.05) is 51.1 Å². The maximum atomic E-state index is 13.7. The average Bonchev–Trinajstić information content (AvgIpc) is 3.34. The number of nitrogens with zero attached hydrogens (tertiary/aromatic N) is 2. The number of fused-ring (bicyclic) bond motifs is 1. The Labute approximate surface area is 253 Å². The first-order valence-corrected chi connectivity index (χ1v) is 19.0. The van der Waals surface area contributed by atoms with Crippen LogP contribution in [0.2, 0.25) is 0 Å². The number of carbonyl (C=O) groups is 1. The molecule has 1 saturated carbocycles. The molecule has 3 aromatic rings. The van der Waals surface area contributed by atoms with Gasteiger partial charge in [-0.25, -0.2) is 26.5 Å². The normalized spacial score (nSPS) is 18.0. The van der Waals surface area contributed by atoms with Gasteiger partial charge < -0.3 is 4.90 Å². The molecule has 0 bridgehead atoms. The molecule has 2 aromatic carbocycles. The van der Waals surface area contributed by atoms with Gasteiger partial charge in [0.1, 0.15) is 9.84 Å². The van der Waals surface area contributed by atoms with Crippen LogP contribution in [-0.4, -0.2) is 62.8 Å². The molecule has 0 unspecified atom stereocenters. The van der Waals surface area contributed by atoms with Gasteiger partial charge in [0.15, 0.2) is 5.01 Å². The molecule has 2 aliphatic rings. The second kappa shape index (κ2) is 12.0. The number of carbonyl (C=O) groups excluding carboxylic acids is 1. The molecule has 42 heavy (non-hydrogen) atoms. The molecule has 1 saturated heterocycles. The number of sulfonamides is 1. The van der Waals surface area contributed by atoms with Gasteiger partial charge in [-0.15, -0.1) is 11.3 Å². The monoisotopic (exact) mass is 631 g/mol. The summed E-state index contributed by atoms with van der Waals surface area (Å²) in [4.78, 5) is 21.4. The Hall–Kier alpha value is -2.34. The van der Waals surface area contributed by atoms with Crippen molar-refractivity contribution in [1.29, 1.82) is 0 Å². The van der Waals surface area contributed by atoms with Crippen molar-refractivity contribution in [2.75, 3.05) is 19.3 Å². The van der Waals surface area contributed by atoms with E-state index in [9.17, 15) is 21.6 Å². The van der Waals surface area contributed by atoms with Crippen LogP contribution in [0.3, 0.4) is 0 Å². The van der Waals surface area contributed by atoms with Crippen LogP contribution in [0, 0.1) is 5.92 Å². The summed E-state index contributed by atoms with van der Waals surface area (Å²) in [5, 5.41) is 1.42. The second-order valence-electron chi connectivity index (χ2n) is 12.8. The number of aromatic nitrogens is 1. The first-order valence-electron chi connectivity index (χ1n) is 14.8. The largest absolute Gasteiger partial charge is 0.337 e. The fourth-order valence-corrected chi connectivity index (χ4v) is 10.0. The Morgan fingerprint density at radius 3 is 2.21 bits per heavy atom. The van der Waals surface area contributed by atoms with Crippen molar-refractivity contribution in [3.8, 4) is 10.4 Å². The SMILES string of the molecule is CC(C)(C)NS(=O)(=O)c1ccc(-c2sc(C(=O)N3CCC(S(C)(=O)=O)CC3)nc2CC2CCCCC2)c2ccccc12. The van der Waals surface area contributed by atoms with Crippen molar-refractivity contribution < 1.29 is 21.6 Å². The molecule has 2 heterocycles. The highest BCUT2D eigenvalue weighted by Crippen LogP contribution is 2.40. The summed E-state index contributed by atoms with van der Waals surface area (Å²) in [6.07, 6.45) is 8.81. The lowest BCUT2D eigenvalue weighted by Gasteiger charge is -2.30. The number of hydrogen-bond donors (Lipinski definition) is 1. The van der Waals surface area contributed by atoms with Crippen molar-refractivity contribution in [2.24, 2.45) is 5.92 Å². The molecule has 11 heteroatoms. The first kappa shape index (κ1) is 31.1. The fraction of sp³-hybridized carbons (Fsp3) is 0.548. The maximum Gasteiger partial charge on any atom is 0.282 e. The lowest BCUT2D eigenvalue weighted by Crippen LogP contribution is -2.42. The van der Waals surface area contributed by atoms with Crippen LogP contribution in [0.1, 0.15) is 81.2 Å². The smallest absolute Gasteiger partial charge is 0.282 e. The summed E-state index contributed by atoms with van der Waals surface area (Å²) in [6, 6.07) is 11.0. The van der Waals surface area contributed by atoms with Gasteiger partial charge in [0.2, 0.25) is 10.0 Å². The molecule has 5 rings (SSSR count). The van der Waals surface area contributed by atoms with Crippen molar-refractivity contribution in [3.63, 3.8) is 0 Å². The van der Waals surface area contributed by atoms with E-state index in [1.165, 1.54) is 36.9 Å². The zero-order valence-corrected chi connectivity index (χ0v) is 27.3. The summed E-state index contributed by atoms with van der Waals surface area (Å²) in [5.74, 6) is 0.330. The highest BCUT2D eigenvalue weighted by atomic mass is 32.2. The predicted octanol–water partition coefficient (Wildman–Crippen LogP) is 5.81. The number of rotatable bonds is 7. The minimum atomic E-state index is -3.78. The van der Waals surface area contributed by atoms with Crippen molar-refractivity contribution in [2.45, 2.75) is 87.8 Å². The van der Waals surface area contributed by atoms with Crippen LogP contribution >= 0.6 is 11.3 Å². The van der Waals surface area contributed by atoms with Crippen LogP contribution in [0.25, 0.3) is 21.2 Å². The van der Waals surface area contributed by atoms with E-state index in [2.05, 4.69) is 4.72 Å². The fourth-order valence-electron chi connectivity index (χ4n) is 6.24. The van der Waals surface area contributed by atoms with E-state index in [-0.39, 0.29) is 10.8 Å². The Morgan fingerprint density at radius 2 is 1.60 bits per heavy atom. The van der Waals surface area contributed by atoms with E-state index in [0.29, 0.717) is 42.2 Å². The van der Waals surface area contributed by atoms with Crippen LogP contribution in [0.4, 0.5) is 0 Å². The highest BCUT2D eigenvalue weighted by Gasteiger charge is 2.32. The number of benzene rings is 2. The second-order valence-corrected chi connectivity index (χ2v) is 17.8. The van der Waals surface area contributed by atoms with E-state index >= 15 is 0 Å². The molecule has 1 amide bonds. The Kier molecular flexibility index (Phi) is 8.87. The van der Waals surface area contributed by atoms with Gasteiger partial charge in [-0.2, -0.15) is 0 Å². The molecule has 1 aromatic heterocycles. The van der Waals surface area contributed by atoms with Crippen molar-refractivity contribution in [3.05, 3.63) is 47.1 Å². The zero-order valence-electron chi connectivity index (χ0n) is 24.9. The average molecular weight is 632 g/mol. The molecule has 1 aliphatic heterocycles. The highest BCUT2D eigenvalue weighted by molar-refractivity contribution is 7.91. The minimum absolute atomic E-state index is 0.166. The third-order valence-electron chi connectivity index (χ3n) is 8.28. The number of likely N-dealkylation sites (tertiary alicyclic amines) is 1. The number of hydrogen-bond acceptors (Lipinski definition) is 7. The third kappa shape index (κ3) is 6.90. The van der Waals surface area contributed by atoms with E-state index in [4.69, 9.17) is 4.98 Å². The van der Waals surface area contributed by atoms with Gasteiger partial charge in [0.05, 0.1) is 20.7 Å². The molecule has 0 atom stereocenters. The molecular weight excluding hydrogens is 591 g/mol. The Balaban J connectivity index is 1.55.